The van der Waals surface area contributed by atoms with E-state index in [1.165, 1.54) is 0 Å². The Hall–Kier alpha value is -2.37. The molecule has 0 unspecified atom stereocenters. The zero-order valence-electron chi connectivity index (χ0n) is 13.9. The Labute approximate surface area is 137 Å². The van der Waals surface area contributed by atoms with Crippen molar-refractivity contribution in [3.63, 3.8) is 0 Å². The molecule has 0 aliphatic carbocycles. The predicted molar refractivity (Wildman–Crippen MR) is 85.4 cm³/mol. The number of nitrogens with zero attached hydrogens (tertiary/aromatic N) is 1. The molecule has 128 valence electrons. The molecule has 1 aromatic heterocycles. The number of carbonyl (C=O) groups excluding carboxylic acids is 1. The van der Waals surface area contributed by atoms with Crippen molar-refractivity contribution >= 4 is 5.78 Å². The molecule has 0 radical (unpaired) electrons. The molecule has 0 amide bonds. The second-order valence-corrected chi connectivity index (χ2v) is 5.94. The monoisotopic (exact) mass is 337 g/mol. The van der Waals surface area contributed by atoms with Crippen molar-refractivity contribution in [1.29, 1.82) is 0 Å². The van der Waals surface area contributed by atoms with Gasteiger partial charge in [0.15, 0.2) is 5.78 Å². The van der Waals surface area contributed by atoms with E-state index >= 15 is 0 Å². The van der Waals surface area contributed by atoms with Crippen molar-refractivity contribution in [3.8, 4) is 0 Å². The molecule has 6 heteroatoms. The van der Waals surface area contributed by atoms with Crippen LogP contribution in [-0.4, -0.2) is 10.4 Å². The maximum Gasteiger partial charge on any atom is 0.417 e. The van der Waals surface area contributed by atoms with Crippen molar-refractivity contribution in [2.75, 3.05) is 0 Å². The van der Waals surface area contributed by atoms with E-state index in [-0.39, 0.29) is 5.78 Å². The zero-order valence-corrected chi connectivity index (χ0v) is 13.9. The van der Waals surface area contributed by atoms with Crippen molar-refractivity contribution in [2.45, 2.75) is 40.4 Å². The Kier molecular flexibility index (Phi) is 4.69. The van der Waals surface area contributed by atoms with Gasteiger partial charge in [0.25, 0.3) is 5.56 Å². The molecule has 2 rings (SSSR count). The number of pyridine rings is 1. The standard InChI is InChI=1S/C18H18F3NO2/c1-10-7-11(2)13(4)17(12(10)3)15(23)9-22-8-14(18(19,20)21)5-6-16(22)24/h5-8H,9H2,1-4H3. The van der Waals surface area contributed by atoms with Crippen LogP contribution < -0.4 is 5.56 Å². The first kappa shape index (κ1) is 18.0. The summed E-state index contributed by atoms with van der Waals surface area (Å²) in [7, 11) is 0. The lowest BCUT2D eigenvalue weighted by Crippen LogP contribution is -2.26. The lowest BCUT2D eigenvalue weighted by molar-refractivity contribution is -0.138. The number of alkyl halides is 3. The van der Waals surface area contributed by atoms with Crippen molar-refractivity contribution in [3.05, 3.63) is 68.1 Å². The van der Waals surface area contributed by atoms with Gasteiger partial charge in [0.05, 0.1) is 12.1 Å². The highest BCUT2D eigenvalue weighted by Gasteiger charge is 2.31. The SMILES string of the molecule is Cc1cc(C)c(C)c(C(=O)Cn2cc(C(F)(F)F)ccc2=O)c1C. The molecule has 0 bridgehead atoms. The topological polar surface area (TPSA) is 39.1 Å². The van der Waals surface area contributed by atoms with Gasteiger partial charge in [-0.05, 0) is 56.0 Å². The molecule has 0 atom stereocenters. The van der Waals surface area contributed by atoms with Crippen LogP contribution in [0.2, 0.25) is 0 Å². The van der Waals surface area contributed by atoms with Crippen LogP contribution in [0.5, 0.6) is 0 Å². The van der Waals surface area contributed by atoms with E-state index in [0.717, 1.165) is 39.0 Å². The third kappa shape index (κ3) is 3.42. The zero-order chi connectivity index (χ0) is 18.2. The van der Waals surface area contributed by atoms with E-state index in [2.05, 4.69) is 0 Å². The largest absolute Gasteiger partial charge is 0.417 e. The highest BCUT2D eigenvalue weighted by atomic mass is 19.4. The predicted octanol–water partition coefficient (Wildman–Crippen LogP) is 3.98. The number of rotatable bonds is 3. The molecule has 0 aliphatic heterocycles. The molecule has 0 spiro atoms. The maximum atomic E-state index is 12.8. The van der Waals surface area contributed by atoms with Gasteiger partial charge in [0.2, 0.25) is 0 Å². The Morgan fingerprint density at radius 3 is 2.08 bits per heavy atom. The number of carbonyl (C=O) groups is 1. The Morgan fingerprint density at radius 2 is 1.58 bits per heavy atom. The molecule has 1 heterocycles. The third-order valence-corrected chi connectivity index (χ3v) is 4.27. The Balaban J connectivity index is 2.47. The lowest BCUT2D eigenvalue weighted by Gasteiger charge is -2.15. The van der Waals surface area contributed by atoms with Crippen molar-refractivity contribution in [1.82, 2.24) is 4.57 Å². The van der Waals surface area contributed by atoms with Crippen molar-refractivity contribution < 1.29 is 18.0 Å². The number of hydrogen-bond acceptors (Lipinski definition) is 2. The van der Waals surface area contributed by atoms with Crippen LogP contribution in [0.25, 0.3) is 0 Å². The molecule has 3 nitrogen and oxygen atoms in total. The summed E-state index contributed by atoms with van der Waals surface area (Å²) >= 11 is 0. The lowest BCUT2D eigenvalue weighted by atomic mass is 9.91. The van der Waals surface area contributed by atoms with Crippen LogP contribution in [-0.2, 0) is 12.7 Å². The minimum absolute atomic E-state index is 0.377. The van der Waals surface area contributed by atoms with Crippen LogP contribution in [0.1, 0.15) is 38.2 Å². The summed E-state index contributed by atoms with van der Waals surface area (Å²) in [6.45, 7) is 6.91. The summed E-state index contributed by atoms with van der Waals surface area (Å²) < 4.78 is 39.2. The Bertz CT molecular complexity index is 838. The highest BCUT2D eigenvalue weighted by molar-refractivity contribution is 5.99. The summed E-state index contributed by atoms with van der Waals surface area (Å²) in [4.78, 5) is 24.4. The fourth-order valence-corrected chi connectivity index (χ4v) is 2.69. The number of aryl methyl sites for hydroxylation is 2. The minimum Gasteiger partial charge on any atom is -0.307 e. The number of hydrogen-bond donors (Lipinski definition) is 0. The normalized spacial score (nSPS) is 11.6. The number of halogens is 3. The smallest absolute Gasteiger partial charge is 0.307 e. The van der Waals surface area contributed by atoms with E-state index in [1.54, 1.807) is 13.8 Å². The van der Waals surface area contributed by atoms with Gasteiger partial charge in [0, 0.05) is 17.8 Å². The van der Waals surface area contributed by atoms with Gasteiger partial charge in [0.1, 0.15) is 0 Å². The summed E-state index contributed by atoms with van der Waals surface area (Å²) in [5.74, 6) is -0.377. The number of Topliss-reactive ketones (excluding diaryl/α,β-unsaturated/α-hetero) is 1. The molecule has 0 saturated carbocycles. The molecule has 0 saturated heterocycles. The Morgan fingerprint density at radius 1 is 1.04 bits per heavy atom. The fraction of sp³-hybridized carbons (Fsp3) is 0.333. The molecular formula is C18H18F3NO2. The molecule has 0 N–H and O–H groups in total. The van der Waals surface area contributed by atoms with Gasteiger partial charge in [-0.25, -0.2) is 0 Å². The van der Waals surface area contributed by atoms with Crippen LogP contribution in [0.4, 0.5) is 13.2 Å². The van der Waals surface area contributed by atoms with Crippen LogP contribution in [0, 0.1) is 27.7 Å². The molecule has 0 fully saturated rings. The molecule has 0 aliphatic rings. The average molecular weight is 337 g/mol. The summed E-state index contributed by atoms with van der Waals surface area (Å²) in [6.07, 6.45) is -3.88. The van der Waals surface area contributed by atoms with Crippen LogP contribution in [0.3, 0.4) is 0 Å². The first-order valence-corrected chi connectivity index (χ1v) is 7.40. The molecule has 1 aromatic carbocycles. The number of aromatic nitrogens is 1. The van der Waals surface area contributed by atoms with E-state index in [0.29, 0.717) is 11.8 Å². The van der Waals surface area contributed by atoms with E-state index < -0.39 is 23.8 Å². The van der Waals surface area contributed by atoms with Crippen molar-refractivity contribution in [2.24, 2.45) is 0 Å². The maximum absolute atomic E-state index is 12.8. The van der Waals surface area contributed by atoms with Gasteiger partial charge in [-0.2, -0.15) is 13.2 Å². The van der Waals surface area contributed by atoms with E-state index in [1.807, 2.05) is 19.9 Å². The average Bonchev–Trinajstić information content (AvgIpc) is 2.46. The summed E-state index contributed by atoms with van der Waals surface area (Å²) in [5, 5.41) is 0. The first-order chi connectivity index (χ1) is 11.0. The highest BCUT2D eigenvalue weighted by Crippen LogP contribution is 2.28. The van der Waals surface area contributed by atoms with Gasteiger partial charge < -0.3 is 4.57 Å². The van der Waals surface area contributed by atoms with Gasteiger partial charge >= 0.3 is 6.18 Å². The van der Waals surface area contributed by atoms with Gasteiger partial charge in [-0.1, -0.05) is 6.07 Å². The van der Waals surface area contributed by atoms with E-state index in [4.69, 9.17) is 0 Å². The molecule has 24 heavy (non-hydrogen) atoms. The van der Waals surface area contributed by atoms with E-state index in [9.17, 15) is 22.8 Å². The van der Waals surface area contributed by atoms with Gasteiger partial charge in [-0.3, -0.25) is 9.59 Å². The molecular weight excluding hydrogens is 319 g/mol. The second kappa shape index (κ2) is 6.26. The number of ketones is 1. The summed E-state index contributed by atoms with van der Waals surface area (Å²) in [6, 6.07) is 3.51. The van der Waals surface area contributed by atoms with Gasteiger partial charge in [-0.15, -0.1) is 0 Å². The second-order valence-electron chi connectivity index (χ2n) is 5.94. The third-order valence-electron chi connectivity index (χ3n) is 4.27. The fourth-order valence-electron chi connectivity index (χ4n) is 2.69. The quantitative estimate of drug-likeness (QED) is 0.795. The van der Waals surface area contributed by atoms with Crippen LogP contribution in [0.15, 0.2) is 29.2 Å². The minimum atomic E-state index is -4.57. The van der Waals surface area contributed by atoms with Crippen LogP contribution >= 0.6 is 0 Å². The molecule has 2 aromatic rings. The number of benzene rings is 1. The first-order valence-electron chi connectivity index (χ1n) is 7.40. The summed E-state index contributed by atoms with van der Waals surface area (Å²) in [5.41, 5.74) is 2.29.